The van der Waals surface area contributed by atoms with Crippen LogP contribution in [-0.2, 0) is 0 Å². The Balaban J connectivity index is 2.11. The molecule has 0 saturated heterocycles. The monoisotopic (exact) mass is 327 g/mol. The maximum atomic E-state index is 13.8. The highest BCUT2D eigenvalue weighted by molar-refractivity contribution is 9.10. The SMILES string of the molecule is CN=CN/C=C/CN1CCOc2c(F)cc(Br)cc21. The number of halogens is 2. The first-order valence-corrected chi connectivity index (χ1v) is 6.70. The van der Waals surface area contributed by atoms with Crippen LogP contribution in [-0.4, -0.2) is 33.1 Å². The molecule has 0 aromatic heterocycles. The van der Waals surface area contributed by atoms with Gasteiger partial charge in [-0.05, 0) is 24.4 Å². The summed E-state index contributed by atoms with van der Waals surface area (Å²) in [6, 6.07) is 3.28. The van der Waals surface area contributed by atoms with Crippen molar-refractivity contribution in [1.29, 1.82) is 0 Å². The number of hydrogen-bond donors (Lipinski definition) is 1. The van der Waals surface area contributed by atoms with Crippen molar-refractivity contribution < 1.29 is 9.13 Å². The molecule has 1 aromatic carbocycles. The number of nitrogens with one attached hydrogen (secondary N) is 1. The molecular formula is C13H15BrFN3O. The van der Waals surface area contributed by atoms with Crippen molar-refractivity contribution in [2.45, 2.75) is 0 Å². The fourth-order valence-corrected chi connectivity index (χ4v) is 2.28. The van der Waals surface area contributed by atoms with Crippen molar-refractivity contribution in [2.75, 3.05) is 31.6 Å². The van der Waals surface area contributed by atoms with Gasteiger partial charge in [0.15, 0.2) is 11.6 Å². The first-order valence-electron chi connectivity index (χ1n) is 5.91. The van der Waals surface area contributed by atoms with Crippen molar-refractivity contribution in [3.8, 4) is 5.75 Å². The van der Waals surface area contributed by atoms with Gasteiger partial charge in [0.25, 0.3) is 0 Å². The van der Waals surface area contributed by atoms with Crippen LogP contribution in [0.3, 0.4) is 0 Å². The van der Waals surface area contributed by atoms with E-state index < -0.39 is 0 Å². The van der Waals surface area contributed by atoms with E-state index in [0.717, 1.165) is 12.2 Å². The number of benzene rings is 1. The average molecular weight is 328 g/mol. The van der Waals surface area contributed by atoms with Gasteiger partial charge in [-0.25, -0.2) is 4.39 Å². The summed E-state index contributed by atoms with van der Waals surface area (Å²) in [6.07, 6.45) is 5.35. The summed E-state index contributed by atoms with van der Waals surface area (Å²) in [5.41, 5.74) is 0.770. The Morgan fingerprint density at radius 1 is 1.58 bits per heavy atom. The van der Waals surface area contributed by atoms with Gasteiger partial charge < -0.3 is 15.0 Å². The summed E-state index contributed by atoms with van der Waals surface area (Å²) in [5, 5.41) is 2.91. The molecule has 0 saturated carbocycles. The number of rotatable bonds is 4. The molecule has 0 spiro atoms. The Kier molecular flexibility index (Phi) is 4.79. The molecular weight excluding hydrogens is 313 g/mol. The number of ether oxygens (including phenoxy) is 1. The van der Waals surface area contributed by atoms with E-state index in [1.165, 1.54) is 6.07 Å². The normalized spacial score (nSPS) is 14.8. The van der Waals surface area contributed by atoms with Crippen LogP contribution in [0, 0.1) is 5.82 Å². The van der Waals surface area contributed by atoms with Gasteiger partial charge in [0.1, 0.15) is 6.61 Å². The summed E-state index contributed by atoms with van der Waals surface area (Å²) in [6.45, 7) is 1.90. The second-order valence-electron chi connectivity index (χ2n) is 3.99. The topological polar surface area (TPSA) is 36.9 Å². The summed E-state index contributed by atoms with van der Waals surface area (Å²) in [7, 11) is 1.69. The molecule has 0 fully saturated rings. The Bertz CT molecular complexity index is 505. The zero-order valence-electron chi connectivity index (χ0n) is 10.6. The standard InChI is InChI=1S/C13H15BrFN3O/c1-16-9-17-3-2-4-18-5-6-19-13-11(15)7-10(14)8-12(13)18/h2-3,7-9H,4-6H2,1H3,(H,16,17)/b3-2+. The van der Waals surface area contributed by atoms with Crippen LogP contribution in [0.4, 0.5) is 10.1 Å². The lowest BCUT2D eigenvalue weighted by Crippen LogP contribution is -2.33. The highest BCUT2D eigenvalue weighted by atomic mass is 79.9. The van der Waals surface area contributed by atoms with E-state index in [1.54, 1.807) is 19.6 Å². The van der Waals surface area contributed by atoms with Gasteiger partial charge in [-0.1, -0.05) is 15.9 Å². The van der Waals surface area contributed by atoms with E-state index in [0.29, 0.717) is 23.4 Å². The minimum Gasteiger partial charge on any atom is -0.486 e. The molecule has 6 heteroatoms. The summed E-state index contributed by atoms with van der Waals surface area (Å²) in [4.78, 5) is 5.87. The zero-order valence-corrected chi connectivity index (χ0v) is 12.2. The molecule has 2 rings (SSSR count). The zero-order chi connectivity index (χ0) is 13.7. The molecule has 1 aromatic rings. The quantitative estimate of drug-likeness (QED) is 0.682. The van der Waals surface area contributed by atoms with Crippen molar-refractivity contribution in [3.05, 3.63) is 34.7 Å². The summed E-state index contributed by atoms with van der Waals surface area (Å²) >= 11 is 3.30. The number of nitrogens with zero attached hydrogens (tertiary/aromatic N) is 2. The molecule has 1 aliphatic heterocycles. The van der Waals surface area contributed by atoms with E-state index in [9.17, 15) is 4.39 Å². The van der Waals surface area contributed by atoms with Crippen LogP contribution in [0.2, 0.25) is 0 Å². The third kappa shape index (κ3) is 3.47. The van der Waals surface area contributed by atoms with Gasteiger partial charge in [0.2, 0.25) is 0 Å². The molecule has 102 valence electrons. The maximum absolute atomic E-state index is 13.8. The molecule has 0 radical (unpaired) electrons. The highest BCUT2D eigenvalue weighted by Crippen LogP contribution is 2.36. The van der Waals surface area contributed by atoms with E-state index >= 15 is 0 Å². The van der Waals surface area contributed by atoms with Crippen molar-refractivity contribution in [3.63, 3.8) is 0 Å². The lowest BCUT2D eigenvalue weighted by Gasteiger charge is -2.30. The Hall–Kier alpha value is -1.56. The van der Waals surface area contributed by atoms with Crippen LogP contribution >= 0.6 is 15.9 Å². The number of aliphatic imine (C=N–C) groups is 1. The molecule has 0 unspecified atom stereocenters. The van der Waals surface area contributed by atoms with Gasteiger partial charge in [0, 0.05) is 18.1 Å². The molecule has 4 nitrogen and oxygen atoms in total. The van der Waals surface area contributed by atoms with Gasteiger partial charge in [0.05, 0.1) is 18.6 Å². The van der Waals surface area contributed by atoms with Gasteiger partial charge in [-0.15, -0.1) is 0 Å². The third-order valence-corrected chi connectivity index (χ3v) is 3.14. The lowest BCUT2D eigenvalue weighted by molar-refractivity contribution is 0.293. The number of hydrogen-bond acceptors (Lipinski definition) is 3. The van der Waals surface area contributed by atoms with E-state index in [-0.39, 0.29) is 5.82 Å². The van der Waals surface area contributed by atoms with Crippen molar-refractivity contribution in [1.82, 2.24) is 5.32 Å². The maximum Gasteiger partial charge on any atom is 0.178 e. The van der Waals surface area contributed by atoms with E-state index in [2.05, 4.69) is 31.1 Å². The smallest absolute Gasteiger partial charge is 0.178 e. The first kappa shape index (κ1) is 13.9. The van der Waals surface area contributed by atoms with Crippen LogP contribution in [0.15, 0.2) is 33.9 Å². The molecule has 0 amide bonds. The minimum absolute atomic E-state index is 0.325. The second kappa shape index (κ2) is 6.56. The molecule has 1 N–H and O–H groups in total. The second-order valence-corrected chi connectivity index (χ2v) is 4.90. The third-order valence-electron chi connectivity index (χ3n) is 2.68. The number of anilines is 1. The number of fused-ring (bicyclic) bond motifs is 1. The van der Waals surface area contributed by atoms with Gasteiger partial charge in [-0.3, -0.25) is 4.99 Å². The molecule has 1 heterocycles. The summed E-state index contributed by atoms with van der Waals surface area (Å²) in [5.74, 6) is -0.0137. The van der Waals surface area contributed by atoms with Crippen LogP contribution in [0.1, 0.15) is 0 Å². The average Bonchev–Trinajstić information content (AvgIpc) is 2.39. The molecule has 1 aliphatic rings. The minimum atomic E-state index is -0.339. The fraction of sp³-hybridized carbons (Fsp3) is 0.308. The Morgan fingerprint density at radius 3 is 3.21 bits per heavy atom. The van der Waals surface area contributed by atoms with E-state index in [1.807, 2.05) is 12.1 Å². The summed E-state index contributed by atoms with van der Waals surface area (Å²) < 4.78 is 19.9. The molecule has 19 heavy (non-hydrogen) atoms. The lowest BCUT2D eigenvalue weighted by atomic mass is 10.2. The van der Waals surface area contributed by atoms with Gasteiger partial charge >= 0.3 is 0 Å². The molecule has 0 aliphatic carbocycles. The van der Waals surface area contributed by atoms with E-state index in [4.69, 9.17) is 4.74 Å². The van der Waals surface area contributed by atoms with Crippen molar-refractivity contribution >= 4 is 28.0 Å². The van der Waals surface area contributed by atoms with Crippen LogP contribution < -0.4 is 15.0 Å². The highest BCUT2D eigenvalue weighted by Gasteiger charge is 2.21. The molecule has 0 bridgehead atoms. The predicted molar refractivity (Wildman–Crippen MR) is 78.5 cm³/mol. The molecule has 0 atom stereocenters. The Labute approximate surface area is 120 Å². The predicted octanol–water partition coefficient (Wildman–Crippen LogP) is 2.55. The largest absolute Gasteiger partial charge is 0.486 e. The van der Waals surface area contributed by atoms with Gasteiger partial charge in [-0.2, -0.15) is 0 Å². The van der Waals surface area contributed by atoms with Crippen molar-refractivity contribution in [2.24, 2.45) is 4.99 Å². The van der Waals surface area contributed by atoms with Crippen LogP contribution in [0.5, 0.6) is 5.75 Å². The fourth-order valence-electron chi connectivity index (χ4n) is 1.86. The van der Waals surface area contributed by atoms with Crippen LogP contribution in [0.25, 0.3) is 0 Å². The first-order chi connectivity index (χ1) is 9.22. The Morgan fingerprint density at radius 2 is 2.42 bits per heavy atom.